The number of amides is 2. The number of likely N-dealkylation sites (tertiary alicyclic amines) is 2. The van der Waals surface area contributed by atoms with Crippen LogP contribution in [-0.4, -0.2) is 129 Å². The Kier molecular flexibility index (Phi) is 15.5. The van der Waals surface area contributed by atoms with Gasteiger partial charge in [-0.15, -0.1) is 0 Å². The van der Waals surface area contributed by atoms with E-state index in [1.54, 1.807) is 4.90 Å². The van der Waals surface area contributed by atoms with Gasteiger partial charge in [-0.3, -0.25) is 4.90 Å². The zero-order chi connectivity index (χ0) is 28.4. The minimum Gasteiger partial charge on any atom is -0.520 e. The Morgan fingerprint density at radius 3 is 2.05 bits per heavy atom. The first-order chi connectivity index (χ1) is 19.4. The summed E-state index contributed by atoms with van der Waals surface area (Å²) in [4.78, 5) is 30.2. The van der Waals surface area contributed by atoms with Gasteiger partial charge in [-0.1, -0.05) is 26.7 Å². The zero-order valence-corrected chi connectivity index (χ0v) is 31.0. The molecule has 0 saturated carbocycles. The van der Waals surface area contributed by atoms with E-state index in [2.05, 4.69) is 25.7 Å². The Balaban J connectivity index is 0.000000444. The molecule has 5 fully saturated rings. The van der Waals surface area contributed by atoms with Gasteiger partial charge in [0.1, 0.15) is 5.60 Å². The fourth-order valence-corrected chi connectivity index (χ4v) is 6.77. The van der Waals surface area contributed by atoms with Gasteiger partial charge in [-0.25, -0.2) is 4.79 Å². The van der Waals surface area contributed by atoms with Gasteiger partial charge in [0.2, 0.25) is 0 Å². The van der Waals surface area contributed by atoms with Crippen LogP contribution in [0.5, 0.6) is 0 Å². The maximum absolute atomic E-state index is 13.0. The third-order valence-electron chi connectivity index (χ3n) is 9.63. The number of nitrogens with zero attached hydrogens (tertiary/aromatic N) is 3. The van der Waals surface area contributed by atoms with E-state index < -0.39 is 0 Å². The number of hydrogen-bond acceptors (Lipinski definition) is 8. The molecule has 0 aromatic rings. The van der Waals surface area contributed by atoms with Gasteiger partial charge in [0.15, 0.2) is 0 Å². The molecule has 0 bridgehead atoms. The summed E-state index contributed by atoms with van der Waals surface area (Å²) >= 11 is 0. The smallest absolute Gasteiger partial charge is 0.520 e. The molecule has 0 aromatic carbocycles. The normalized spacial score (nSPS) is 30.0. The molecule has 0 N–H and O–H groups in total. The molecule has 0 aromatic heterocycles. The van der Waals surface area contributed by atoms with Crippen molar-refractivity contribution >= 4 is 12.5 Å². The molecule has 230 valence electrons. The standard InChI is InChI=1S/C24H40N3O5.C6H12O2.Rb/c1-3-4-5-20-16-26(17-21-18-30-14-15-31-21)22(29)32-24(20)8-12-27(13-9-24)23(2)6-10-25(19-28)11-7-23;1-2-6-5-7-3-4-8-6;/h20-21H,3-18H2,1-2H3;6H,2-5H2,1H3;/q-1;;+1/t20-,21+;6-;/m00./s1. The summed E-state index contributed by atoms with van der Waals surface area (Å²) in [5.74, 6) is 0.353. The molecule has 1 spiro atoms. The number of carbonyl (C=O) groups excluding carboxylic acids is 2. The number of ether oxygens (including phenoxy) is 5. The molecule has 0 aliphatic carbocycles. The molecule has 5 heterocycles. The van der Waals surface area contributed by atoms with E-state index in [0.717, 1.165) is 104 Å². The predicted octanol–water partition coefficient (Wildman–Crippen LogP) is 0.233. The molecule has 5 aliphatic rings. The molecule has 10 nitrogen and oxygen atoms in total. The molecule has 5 rings (SSSR count). The summed E-state index contributed by atoms with van der Waals surface area (Å²) in [7, 11) is 0. The van der Waals surface area contributed by atoms with Gasteiger partial charge in [0.05, 0.1) is 58.4 Å². The Morgan fingerprint density at radius 2 is 1.54 bits per heavy atom. The first-order valence-corrected chi connectivity index (χ1v) is 15.7. The van der Waals surface area contributed by atoms with Crippen molar-refractivity contribution in [1.29, 1.82) is 0 Å². The van der Waals surface area contributed by atoms with Gasteiger partial charge in [-0.05, 0) is 45.7 Å². The molecule has 2 amide bonds. The van der Waals surface area contributed by atoms with Crippen LogP contribution in [-0.2, 0) is 28.5 Å². The quantitative estimate of drug-likeness (QED) is 0.345. The van der Waals surface area contributed by atoms with Crippen LogP contribution in [0.2, 0.25) is 0 Å². The fourth-order valence-electron chi connectivity index (χ4n) is 6.77. The molecule has 5 aliphatic heterocycles. The van der Waals surface area contributed by atoms with Crippen LogP contribution in [0.15, 0.2) is 0 Å². The topological polar surface area (TPSA) is 90.0 Å². The largest absolute Gasteiger partial charge is 1.00 e. The third-order valence-corrected chi connectivity index (χ3v) is 9.63. The Bertz CT molecular complexity index is 778. The second kappa shape index (κ2) is 17.7. The zero-order valence-electron chi connectivity index (χ0n) is 26.1. The maximum Gasteiger partial charge on any atom is 1.00 e. The van der Waals surface area contributed by atoms with Crippen molar-refractivity contribution in [3.63, 3.8) is 0 Å². The van der Waals surface area contributed by atoms with Crippen LogP contribution in [0.3, 0.4) is 0 Å². The molecule has 11 heteroatoms. The Hall–Kier alpha value is 0.345. The van der Waals surface area contributed by atoms with Crippen LogP contribution in [0.4, 0.5) is 4.79 Å². The van der Waals surface area contributed by atoms with Crippen molar-refractivity contribution in [1.82, 2.24) is 14.7 Å². The van der Waals surface area contributed by atoms with Gasteiger partial charge < -0.3 is 38.3 Å². The minimum absolute atomic E-state index is 0. The average molecular weight is 652 g/mol. The number of carbonyl (C=O) groups is 1. The third kappa shape index (κ3) is 9.92. The SMILES string of the molecule is CCCC[C@H]1CN(C[C@@H]2COCCO2)C(=O)OC12CCN(C1(C)CCN([C-]=O)CC1)CC2.CC[C@H]1COCCO1.[Rb+]. The van der Waals surface area contributed by atoms with Crippen LogP contribution >= 0.6 is 0 Å². The van der Waals surface area contributed by atoms with Gasteiger partial charge in [0, 0.05) is 43.9 Å². The van der Waals surface area contributed by atoms with Crippen molar-refractivity contribution in [2.75, 3.05) is 78.9 Å². The molecule has 3 atom stereocenters. The first-order valence-electron chi connectivity index (χ1n) is 15.7. The van der Waals surface area contributed by atoms with Crippen LogP contribution < -0.4 is 58.2 Å². The van der Waals surface area contributed by atoms with E-state index >= 15 is 0 Å². The van der Waals surface area contributed by atoms with E-state index in [4.69, 9.17) is 23.7 Å². The maximum atomic E-state index is 13.0. The summed E-state index contributed by atoms with van der Waals surface area (Å²) in [6.07, 6.45) is 10.3. The van der Waals surface area contributed by atoms with Gasteiger partial charge in [0.25, 0.3) is 0 Å². The van der Waals surface area contributed by atoms with E-state index in [9.17, 15) is 9.59 Å². The van der Waals surface area contributed by atoms with E-state index in [0.29, 0.717) is 38.4 Å². The van der Waals surface area contributed by atoms with E-state index in [-0.39, 0.29) is 81.5 Å². The first kappa shape index (κ1) is 35.8. The van der Waals surface area contributed by atoms with E-state index in [1.807, 2.05) is 11.3 Å². The summed E-state index contributed by atoms with van der Waals surface area (Å²) < 4.78 is 28.0. The fraction of sp³-hybridized carbons (Fsp3) is 0.933. The van der Waals surface area contributed by atoms with Gasteiger partial charge >= 0.3 is 64.3 Å². The molecule has 0 unspecified atom stereocenters. The van der Waals surface area contributed by atoms with E-state index in [1.165, 1.54) is 0 Å². The average Bonchev–Trinajstić information content (AvgIpc) is 3.00. The van der Waals surface area contributed by atoms with Crippen LogP contribution in [0, 0.1) is 5.92 Å². The summed E-state index contributed by atoms with van der Waals surface area (Å²) in [6, 6.07) is 0. The van der Waals surface area contributed by atoms with Crippen molar-refractivity contribution in [2.24, 2.45) is 5.92 Å². The van der Waals surface area contributed by atoms with Crippen molar-refractivity contribution < 1.29 is 91.5 Å². The number of hydrogen-bond donors (Lipinski definition) is 0. The molecule has 0 radical (unpaired) electrons. The van der Waals surface area contributed by atoms with Crippen LogP contribution in [0.1, 0.15) is 72.1 Å². The van der Waals surface area contributed by atoms with Crippen LogP contribution in [0.25, 0.3) is 0 Å². The number of piperidine rings is 2. The summed E-state index contributed by atoms with van der Waals surface area (Å²) in [5, 5.41) is 0. The monoisotopic (exact) mass is 651 g/mol. The Morgan fingerprint density at radius 1 is 0.902 bits per heavy atom. The van der Waals surface area contributed by atoms with Crippen molar-refractivity contribution in [2.45, 2.75) is 95.5 Å². The minimum atomic E-state index is -0.350. The second-order valence-electron chi connectivity index (χ2n) is 12.3. The summed E-state index contributed by atoms with van der Waals surface area (Å²) in [6.45, 7) is 15.5. The number of unbranched alkanes of at least 4 members (excludes halogenated alkanes) is 1. The molecular formula is C30H52N3O7Rb. The Labute approximate surface area is 296 Å². The molecule has 41 heavy (non-hydrogen) atoms. The summed E-state index contributed by atoms with van der Waals surface area (Å²) in [5.41, 5.74) is -0.242. The number of rotatable bonds is 8. The predicted molar refractivity (Wildman–Crippen MR) is 151 cm³/mol. The molecular weight excluding hydrogens is 600 g/mol. The van der Waals surface area contributed by atoms with Crippen molar-refractivity contribution in [3.8, 4) is 0 Å². The second-order valence-corrected chi connectivity index (χ2v) is 12.3. The molecule has 5 saturated heterocycles. The van der Waals surface area contributed by atoms with Crippen molar-refractivity contribution in [3.05, 3.63) is 0 Å². The van der Waals surface area contributed by atoms with Gasteiger partial charge in [-0.2, -0.15) is 6.41 Å².